The van der Waals surface area contributed by atoms with Crippen LogP contribution in [0, 0.1) is 5.92 Å². The van der Waals surface area contributed by atoms with Gasteiger partial charge in [0.1, 0.15) is 0 Å². The van der Waals surface area contributed by atoms with Gasteiger partial charge in [-0.1, -0.05) is 13.0 Å². The van der Waals surface area contributed by atoms with Gasteiger partial charge in [0.2, 0.25) is 5.91 Å². The van der Waals surface area contributed by atoms with Crippen LogP contribution in [-0.4, -0.2) is 29.8 Å². The molecular formula is C15H20N2O2. The van der Waals surface area contributed by atoms with Crippen molar-refractivity contribution in [2.45, 2.75) is 26.7 Å². The minimum Gasteiger partial charge on any atom is -0.338 e. The van der Waals surface area contributed by atoms with Gasteiger partial charge < -0.3 is 10.2 Å². The number of carbonyl (C=O) groups is 2. The smallest absolute Gasteiger partial charge is 0.253 e. The van der Waals surface area contributed by atoms with Crippen LogP contribution < -0.4 is 5.32 Å². The maximum atomic E-state index is 12.4. The van der Waals surface area contributed by atoms with Gasteiger partial charge in [0.25, 0.3) is 5.91 Å². The van der Waals surface area contributed by atoms with Crippen molar-refractivity contribution in [3.8, 4) is 0 Å². The fourth-order valence-corrected chi connectivity index (χ4v) is 2.49. The van der Waals surface area contributed by atoms with Gasteiger partial charge in [0.05, 0.1) is 0 Å². The van der Waals surface area contributed by atoms with Crippen LogP contribution in [0.1, 0.15) is 37.0 Å². The molecule has 0 spiro atoms. The lowest BCUT2D eigenvalue weighted by atomic mass is 9.99. The van der Waals surface area contributed by atoms with Gasteiger partial charge in [-0.05, 0) is 37.0 Å². The van der Waals surface area contributed by atoms with Crippen LogP contribution >= 0.6 is 0 Å². The molecule has 1 heterocycles. The topological polar surface area (TPSA) is 49.4 Å². The van der Waals surface area contributed by atoms with Crippen LogP contribution in [0.2, 0.25) is 0 Å². The van der Waals surface area contributed by atoms with Gasteiger partial charge in [-0.2, -0.15) is 0 Å². The quantitative estimate of drug-likeness (QED) is 0.888. The number of hydrogen-bond acceptors (Lipinski definition) is 2. The van der Waals surface area contributed by atoms with E-state index in [9.17, 15) is 9.59 Å². The van der Waals surface area contributed by atoms with E-state index in [1.165, 1.54) is 13.3 Å². The molecule has 0 aromatic heterocycles. The summed E-state index contributed by atoms with van der Waals surface area (Å²) in [6, 6.07) is 7.12. The molecule has 1 fully saturated rings. The third-order valence-electron chi connectivity index (χ3n) is 3.37. The summed E-state index contributed by atoms with van der Waals surface area (Å²) in [6.45, 7) is 5.28. The van der Waals surface area contributed by atoms with E-state index in [1.807, 2.05) is 4.90 Å². The highest BCUT2D eigenvalue weighted by Crippen LogP contribution is 2.19. The predicted molar refractivity (Wildman–Crippen MR) is 75.0 cm³/mol. The number of nitrogens with zero attached hydrogens (tertiary/aromatic N) is 1. The highest BCUT2D eigenvalue weighted by Gasteiger charge is 2.22. The van der Waals surface area contributed by atoms with Crippen molar-refractivity contribution in [2.24, 2.45) is 5.92 Å². The van der Waals surface area contributed by atoms with E-state index < -0.39 is 0 Å². The second kappa shape index (κ2) is 5.87. The van der Waals surface area contributed by atoms with Crippen LogP contribution in [0.25, 0.3) is 0 Å². The standard InChI is InChI=1S/C15H20N2O2/c1-11-5-4-8-17(10-11)15(19)13-6-3-7-14(9-13)16-12(2)18/h3,6-7,9,11H,4-5,8,10H2,1-2H3,(H,16,18). The number of carbonyl (C=O) groups excluding carboxylic acids is 2. The first-order chi connectivity index (χ1) is 9.06. The van der Waals surface area contributed by atoms with Gasteiger partial charge in [0, 0.05) is 31.3 Å². The Kier molecular flexibility index (Phi) is 4.20. The van der Waals surface area contributed by atoms with E-state index in [0.29, 0.717) is 17.2 Å². The summed E-state index contributed by atoms with van der Waals surface area (Å²) in [5.74, 6) is 0.492. The van der Waals surface area contributed by atoms with Gasteiger partial charge >= 0.3 is 0 Å². The van der Waals surface area contributed by atoms with E-state index in [-0.39, 0.29) is 11.8 Å². The number of hydrogen-bond donors (Lipinski definition) is 1. The van der Waals surface area contributed by atoms with Crippen molar-refractivity contribution in [1.82, 2.24) is 4.90 Å². The van der Waals surface area contributed by atoms with E-state index in [4.69, 9.17) is 0 Å². The molecule has 102 valence electrons. The Morgan fingerprint density at radius 3 is 2.84 bits per heavy atom. The average Bonchev–Trinajstić information content (AvgIpc) is 2.37. The number of benzene rings is 1. The summed E-state index contributed by atoms with van der Waals surface area (Å²) in [5, 5.41) is 2.70. The first-order valence-electron chi connectivity index (χ1n) is 6.73. The molecule has 1 N–H and O–H groups in total. The van der Waals surface area contributed by atoms with Crippen molar-refractivity contribution in [3.05, 3.63) is 29.8 Å². The van der Waals surface area contributed by atoms with Gasteiger partial charge in [0.15, 0.2) is 0 Å². The Morgan fingerprint density at radius 2 is 2.16 bits per heavy atom. The number of piperidine rings is 1. The van der Waals surface area contributed by atoms with Crippen LogP contribution in [0.15, 0.2) is 24.3 Å². The minimum atomic E-state index is -0.129. The molecule has 1 aromatic rings. The van der Waals surface area contributed by atoms with Crippen molar-refractivity contribution < 1.29 is 9.59 Å². The first-order valence-corrected chi connectivity index (χ1v) is 6.73. The highest BCUT2D eigenvalue weighted by molar-refractivity contribution is 5.96. The van der Waals surface area contributed by atoms with E-state index in [1.54, 1.807) is 24.3 Å². The second-order valence-electron chi connectivity index (χ2n) is 5.26. The van der Waals surface area contributed by atoms with Crippen molar-refractivity contribution in [1.29, 1.82) is 0 Å². The van der Waals surface area contributed by atoms with Gasteiger partial charge in [-0.15, -0.1) is 0 Å². The molecule has 2 amide bonds. The van der Waals surface area contributed by atoms with Crippen LogP contribution in [0.3, 0.4) is 0 Å². The lowest BCUT2D eigenvalue weighted by Gasteiger charge is -2.31. The van der Waals surface area contributed by atoms with Crippen LogP contribution in [0.5, 0.6) is 0 Å². The number of nitrogens with one attached hydrogen (secondary N) is 1. The Morgan fingerprint density at radius 1 is 1.37 bits per heavy atom. The average molecular weight is 260 g/mol. The molecule has 0 saturated carbocycles. The number of anilines is 1. The fraction of sp³-hybridized carbons (Fsp3) is 0.467. The lowest BCUT2D eigenvalue weighted by molar-refractivity contribution is -0.114. The predicted octanol–water partition coefficient (Wildman–Crippen LogP) is 2.52. The van der Waals surface area contributed by atoms with E-state index >= 15 is 0 Å². The SMILES string of the molecule is CC(=O)Nc1cccc(C(=O)N2CCCC(C)C2)c1. The fourth-order valence-electron chi connectivity index (χ4n) is 2.49. The molecule has 4 nitrogen and oxygen atoms in total. The zero-order chi connectivity index (χ0) is 13.8. The molecule has 2 rings (SSSR count). The highest BCUT2D eigenvalue weighted by atomic mass is 16.2. The Labute approximate surface area is 113 Å². The summed E-state index contributed by atoms with van der Waals surface area (Å²) in [6.07, 6.45) is 2.26. The molecule has 0 radical (unpaired) electrons. The summed E-state index contributed by atoms with van der Waals surface area (Å²) in [7, 11) is 0. The maximum Gasteiger partial charge on any atom is 0.253 e. The molecular weight excluding hydrogens is 240 g/mol. The largest absolute Gasteiger partial charge is 0.338 e. The minimum absolute atomic E-state index is 0.0544. The summed E-state index contributed by atoms with van der Waals surface area (Å²) < 4.78 is 0. The zero-order valence-electron chi connectivity index (χ0n) is 11.5. The van der Waals surface area contributed by atoms with E-state index in [2.05, 4.69) is 12.2 Å². The Hall–Kier alpha value is -1.84. The van der Waals surface area contributed by atoms with Gasteiger partial charge in [-0.3, -0.25) is 9.59 Å². The number of rotatable bonds is 2. The van der Waals surface area contributed by atoms with Gasteiger partial charge in [-0.25, -0.2) is 0 Å². The summed E-state index contributed by atoms with van der Waals surface area (Å²) >= 11 is 0. The zero-order valence-corrected chi connectivity index (χ0v) is 11.5. The molecule has 1 aliphatic heterocycles. The molecule has 0 bridgehead atoms. The molecule has 19 heavy (non-hydrogen) atoms. The van der Waals surface area contributed by atoms with Crippen molar-refractivity contribution in [3.63, 3.8) is 0 Å². The summed E-state index contributed by atoms with van der Waals surface area (Å²) in [5.41, 5.74) is 1.31. The molecule has 1 aromatic carbocycles. The molecule has 4 heteroatoms. The second-order valence-corrected chi connectivity index (χ2v) is 5.26. The Balaban J connectivity index is 2.12. The molecule has 0 aliphatic carbocycles. The van der Waals surface area contributed by atoms with Crippen LogP contribution in [-0.2, 0) is 4.79 Å². The first kappa shape index (κ1) is 13.6. The molecule has 1 saturated heterocycles. The lowest BCUT2D eigenvalue weighted by Crippen LogP contribution is -2.39. The third-order valence-corrected chi connectivity index (χ3v) is 3.37. The van der Waals surface area contributed by atoms with Crippen molar-refractivity contribution in [2.75, 3.05) is 18.4 Å². The number of amides is 2. The van der Waals surface area contributed by atoms with E-state index in [0.717, 1.165) is 19.5 Å². The Bertz CT molecular complexity index is 485. The molecule has 1 aliphatic rings. The maximum absolute atomic E-state index is 12.4. The third kappa shape index (κ3) is 3.56. The van der Waals surface area contributed by atoms with Crippen molar-refractivity contribution >= 4 is 17.5 Å². The number of likely N-dealkylation sites (tertiary alicyclic amines) is 1. The monoisotopic (exact) mass is 260 g/mol. The summed E-state index contributed by atoms with van der Waals surface area (Å²) in [4.78, 5) is 25.3. The van der Waals surface area contributed by atoms with Crippen LogP contribution in [0.4, 0.5) is 5.69 Å². The normalized spacial score (nSPS) is 19.1. The molecule has 1 unspecified atom stereocenters. The molecule has 1 atom stereocenters.